The zero-order valence-corrected chi connectivity index (χ0v) is 10.1. The molecule has 0 aliphatic carbocycles. The van der Waals surface area contributed by atoms with Crippen LogP contribution in [0.1, 0.15) is 17.7 Å². The van der Waals surface area contributed by atoms with Crippen LogP contribution in [0, 0.1) is 10.5 Å². The second kappa shape index (κ2) is 5.68. The SMILES string of the molecule is Fc1c(CCCc2ccccc2)[nH]cnc1=S. The lowest BCUT2D eigenvalue weighted by Crippen LogP contribution is -1.99. The summed E-state index contributed by atoms with van der Waals surface area (Å²) >= 11 is 4.78. The number of nitrogens with one attached hydrogen (secondary N) is 1. The van der Waals surface area contributed by atoms with E-state index in [0.717, 1.165) is 12.8 Å². The average Bonchev–Trinajstić information content (AvgIpc) is 2.36. The first-order valence-electron chi connectivity index (χ1n) is 5.53. The Morgan fingerprint density at radius 1 is 1.18 bits per heavy atom. The number of aromatic amines is 1. The minimum absolute atomic E-state index is 0.0402. The van der Waals surface area contributed by atoms with Crippen molar-refractivity contribution in [2.24, 2.45) is 0 Å². The number of nitrogens with zero attached hydrogens (tertiary/aromatic N) is 1. The zero-order valence-electron chi connectivity index (χ0n) is 9.32. The molecule has 0 aliphatic rings. The van der Waals surface area contributed by atoms with Gasteiger partial charge in [-0.05, 0) is 24.8 Å². The van der Waals surface area contributed by atoms with Gasteiger partial charge < -0.3 is 4.98 Å². The lowest BCUT2D eigenvalue weighted by Gasteiger charge is -2.03. The number of benzene rings is 1. The van der Waals surface area contributed by atoms with Gasteiger partial charge in [-0.1, -0.05) is 42.5 Å². The number of hydrogen-bond donors (Lipinski definition) is 1. The van der Waals surface area contributed by atoms with Crippen LogP contribution in [0.15, 0.2) is 36.7 Å². The third-order valence-corrected chi connectivity index (χ3v) is 2.89. The van der Waals surface area contributed by atoms with E-state index in [9.17, 15) is 4.39 Å². The smallest absolute Gasteiger partial charge is 0.179 e. The molecule has 2 aromatic rings. The molecule has 0 aliphatic heterocycles. The lowest BCUT2D eigenvalue weighted by molar-refractivity contribution is 0.579. The molecule has 88 valence electrons. The normalized spacial score (nSPS) is 10.4. The Balaban J connectivity index is 1.95. The minimum Gasteiger partial charge on any atom is -0.347 e. The number of H-pyrrole nitrogens is 1. The number of rotatable bonds is 4. The molecule has 0 spiro atoms. The number of aryl methyl sites for hydroxylation is 2. The molecule has 17 heavy (non-hydrogen) atoms. The minimum atomic E-state index is -0.393. The Hall–Kier alpha value is -1.55. The van der Waals surface area contributed by atoms with Crippen molar-refractivity contribution in [1.82, 2.24) is 9.97 Å². The van der Waals surface area contributed by atoms with E-state index in [1.807, 2.05) is 18.2 Å². The fourth-order valence-electron chi connectivity index (χ4n) is 1.71. The molecule has 0 saturated heterocycles. The standard InChI is InChI=1S/C13H13FN2S/c14-12-11(15-9-16-13(12)17)8-4-7-10-5-2-1-3-6-10/h1-3,5-6,9H,4,7-8H2,(H,15,16,17). The maximum absolute atomic E-state index is 13.5. The van der Waals surface area contributed by atoms with Crippen LogP contribution in [0.4, 0.5) is 4.39 Å². The van der Waals surface area contributed by atoms with Gasteiger partial charge in [0.15, 0.2) is 10.5 Å². The molecule has 2 nitrogen and oxygen atoms in total. The molecule has 1 N–H and O–H groups in total. The Morgan fingerprint density at radius 3 is 2.71 bits per heavy atom. The van der Waals surface area contributed by atoms with Crippen molar-refractivity contribution >= 4 is 12.2 Å². The Bertz CT molecular complexity index is 537. The van der Waals surface area contributed by atoms with E-state index in [2.05, 4.69) is 22.1 Å². The van der Waals surface area contributed by atoms with Crippen LogP contribution in [-0.4, -0.2) is 9.97 Å². The molecule has 4 heteroatoms. The Labute approximate surface area is 105 Å². The second-order valence-electron chi connectivity index (χ2n) is 3.84. The monoisotopic (exact) mass is 248 g/mol. The highest BCUT2D eigenvalue weighted by molar-refractivity contribution is 7.71. The highest BCUT2D eigenvalue weighted by Crippen LogP contribution is 2.09. The lowest BCUT2D eigenvalue weighted by atomic mass is 10.1. The predicted octanol–water partition coefficient (Wildman–Crippen LogP) is 3.45. The average molecular weight is 248 g/mol. The highest BCUT2D eigenvalue weighted by Gasteiger charge is 2.04. The van der Waals surface area contributed by atoms with Crippen LogP contribution in [0.5, 0.6) is 0 Å². The summed E-state index contributed by atoms with van der Waals surface area (Å²) in [6.45, 7) is 0. The van der Waals surface area contributed by atoms with Gasteiger partial charge in [0.05, 0.1) is 12.0 Å². The molecule has 2 rings (SSSR count). The molecule has 0 atom stereocenters. The summed E-state index contributed by atoms with van der Waals surface area (Å²) in [6.07, 6.45) is 3.91. The summed E-state index contributed by atoms with van der Waals surface area (Å²) in [4.78, 5) is 6.50. The van der Waals surface area contributed by atoms with E-state index in [4.69, 9.17) is 12.2 Å². The van der Waals surface area contributed by atoms with E-state index < -0.39 is 5.82 Å². The van der Waals surface area contributed by atoms with Crippen molar-refractivity contribution in [3.63, 3.8) is 0 Å². The van der Waals surface area contributed by atoms with Crippen molar-refractivity contribution in [1.29, 1.82) is 0 Å². The van der Waals surface area contributed by atoms with Crippen LogP contribution in [0.25, 0.3) is 0 Å². The van der Waals surface area contributed by atoms with Gasteiger partial charge in [0.1, 0.15) is 0 Å². The quantitative estimate of drug-likeness (QED) is 0.839. The van der Waals surface area contributed by atoms with Crippen LogP contribution < -0.4 is 0 Å². The second-order valence-corrected chi connectivity index (χ2v) is 4.23. The number of halogens is 1. The molecule has 0 amide bonds. The third-order valence-electron chi connectivity index (χ3n) is 2.61. The van der Waals surface area contributed by atoms with Gasteiger partial charge in [0, 0.05) is 0 Å². The van der Waals surface area contributed by atoms with Gasteiger partial charge in [0.2, 0.25) is 0 Å². The molecule has 1 aromatic heterocycles. The van der Waals surface area contributed by atoms with Crippen LogP contribution >= 0.6 is 12.2 Å². The van der Waals surface area contributed by atoms with Gasteiger partial charge in [-0.3, -0.25) is 0 Å². The molecule has 0 fully saturated rings. The summed E-state index contributed by atoms with van der Waals surface area (Å²) in [5, 5.41) is 0. The molecule has 0 radical (unpaired) electrons. The zero-order chi connectivity index (χ0) is 12.1. The first-order valence-corrected chi connectivity index (χ1v) is 5.94. The van der Waals surface area contributed by atoms with E-state index >= 15 is 0 Å². The first-order chi connectivity index (χ1) is 8.27. The van der Waals surface area contributed by atoms with Gasteiger partial charge in [0.25, 0.3) is 0 Å². The maximum atomic E-state index is 13.5. The highest BCUT2D eigenvalue weighted by atomic mass is 32.1. The van der Waals surface area contributed by atoms with Crippen LogP contribution in [0.3, 0.4) is 0 Å². The maximum Gasteiger partial charge on any atom is 0.179 e. The largest absolute Gasteiger partial charge is 0.347 e. The van der Waals surface area contributed by atoms with E-state index in [1.165, 1.54) is 11.9 Å². The topological polar surface area (TPSA) is 28.7 Å². The van der Waals surface area contributed by atoms with Crippen molar-refractivity contribution in [3.8, 4) is 0 Å². The summed E-state index contributed by atoms with van der Waals surface area (Å²) in [5.74, 6) is -0.393. The Kier molecular flexibility index (Phi) is 3.98. The predicted molar refractivity (Wildman–Crippen MR) is 67.8 cm³/mol. The van der Waals surface area contributed by atoms with Gasteiger partial charge in [-0.15, -0.1) is 0 Å². The molecular weight excluding hydrogens is 235 g/mol. The summed E-state index contributed by atoms with van der Waals surface area (Å²) < 4.78 is 13.6. The van der Waals surface area contributed by atoms with Crippen LogP contribution in [0.2, 0.25) is 0 Å². The van der Waals surface area contributed by atoms with Crippen LogP contribution in [-0.2, 0) is 12.8 Å². The molecule has 0 unspecified atom stereocenters. The van der Waals surface area contributed by atoms with E-state index in [-0.39, 0.29) is 4.64 Å². The van der Waals surface area contributed by atoms with Gasteiger partial charge >= 0.3 is 0 Å². The van der Waals surface area contributed by atoms with Crippen molar-refractivity contribution in [3.05, 3.63) is 58.4 Å². The fraction of sp³-hybridized carbons (Fsp3) is 0.231. The van der Waals surface area contributed by atoms with E-state index in [0.29, 0.717) is 12.1 Å². The van der Waals surface area contributed by atoms with Crippen molar-refractivity contribution in [2.45, 2.75) is 19.3 Å². The summed E-state index contributed by atoms with van der Waals surface area (Å²) in [7, 11) is 0. The summed E-state index contributed by atoms with van der Waals surface area (Å²) in [6, 6.07) is 10.2. The van der Waals surface area contributed by atoms with Crippen molar-refractivity contribution in [2.75, 3.05) is 0 Å². The van der Waals surface area contributed by atoms with Crippen molar-refractivity contribution < 1.29 is 4.39 Å². The number of aromatic nitrogens is 2. The van der Waals surface area contributed by atoms with Gasteiger partial charge in [-0.2, -0.15) is 0 Å². The van der Waals surface area contributed by atoms with Gasteiger partial charge in [-0.25, -0.2) is 9.37 Å². The molecule has 1 heterocycles. The first kappa shape index (κ1) is 11.9. The molecular formula is C13H13FN2S. The molecule has 0 saturated carbocycles. The third kappa shape index (κ3) is 3.20. The fourth-order valence-corrected chi connectivity index (χ4v) is 1.89. The number of hydrogen-bond acceptors (Lipinski definition) is 2. The summed E-state index contributed by atoms with van der Waals surface area (Å²) in [5.41, 5.74) is 1.81. The molecule has 0 bridgehead atoms. The molecule has 1 aromatic carbocycles. The van der Waals surface area contributed by atoms with E-state index in [1.54, 1.807) is 0 Å². The Morgan fingerprint density at radius 2 is 1.94 bits per heavy atom.